The van der Waals surface area contributed by atoms with Crippen LogP contribution in [0.2, 0.25) is 0 Å². The van der Waals surface area contributed by atoms with Crippen molar-refractivity contribution < 1.29 is 23.8 Å². The number of carboxylic acid groups (broad SMARTS) is 1. The quantitative estimate of drug-likeness (QED) is 0.770. The molecule has 0 aliphatic rings. The van der Waals surface area contributed by atoms with Crippen molar-refractivity contribution in [2.45, 2.75) is 46.3 Å². The van der Waals surface area contributed by atoms with Crippen molar-refractivity contribution in [3.8, 4) is 0 Å². The molecule has 1 amide bonds. The summed E-state index contributed by atoms with van der Waals surface area (Å²) in [4.78, 5) is 23.5. The van der Waals surface area contributed by atoms with Gasteiger partial charge in [0.25, 0.3) is 0 Å². The zero-order valence-corrected chi connectivity index (χ0v) is 13.9. The number of halogens is 1. The van der Waals surface area contributed by atoms with Crippen LogP contribution in [0.5, 0.6) is 0 Å². The maximum Gasteiger partial charge on any atom is 0.330 e. The van der Waals surface area contributed by atoms with Gasteiger partial charge in [-0.25, -0.2) is 9.18 Å². The number of carbonyl (C=O) groups excluding carboxylic acids is 1. The highest BCUT2D eigenvalue weighted by Crippen LogP contribution is 2.17. The maximum absolute atomic E-state index is 13.3. The highest BCUT2D eigenvalue weighted by molar-refractivity contribution is 5.86. The van der Waals surface area contributed by atoms with E-state index in [4.69, 9.17) is 4.74 Å². The standard InChI is InChI=1S/C17H24FNO4/c1-10(2)7-8-23-12(4)16(20)19-15(17(21)22)13-5-6-14(18)11(3)9-13/h5-6,9-10,12,15H,7-8H2,1-4H3,(H,19,20)(H,21,22). The van der Waals surface area contributed by atoms with Crippen LogP contribution in [0, 0.1) is 18.7 Å². The third-order valence-electron chi connectivity index (χ3n) is 3.48. The number of aryl methyl sites for hydroxylation is 1. The third kappa shape index (κ3) is 5.98. The Morgan fingerprint density at radius 3 is 2.48 bits per heavy atom. The van der Waals surface area contributed by atoms with E-state index in [0.29, 0.717) is 23.7 Å². The number of amides is 1. The van der Waals surface area contributed by atoms with E-state index in [1.807, 2.05) is 13.8 Å². The van der Waals surface area contributed by atoms with Gasteiger partial charge in [0.2, 0.25) is 5.91 Å². The van der Waals surface area contributed by atoms with E-state index in [9.17, 15) is 19.1 Å². The molecule has 0 saturated heterocycles. The van der Waals surface area contributed by atoms with Crippen molar-refractivity contribution in [2.24, 2.45) is 5.92 Å². The molecule has 0 aliphatic carbocycles. The van der Waals surface area contributed by atoms with E-state index in [1.54, 1.807) is 6.92 Å². The third-order valence-corrected chi connectivity index (χ3v) is 3.48. The predicted molar refractivity (Wildman–Crippen MR) is 84.5 cm³/mol. The van der Waals surface area contributed by atoms with Crippen molar-refractivity contribution in [1.82, 2.24) is 5.32 Å². The number of hydrogen-bond donors (Lipinski definition) is 2. The van der Waals surface area contributed by atoms with Gasteiger partial charge in [0.1, 0.15) is 11.9 Å². The van der Waals surface area contributed by atoms with Crippen LogP contribution in [0.3, 0.4) is 0 Å². The number of carbonyl (C=O) groups is 2. The summed E-state index contributed by atoms with van der Waals surface area (Å²) >= 11 is 0. The summed E-state index contributed by atoms with van der Waals surface area (Å²) in [5.74, 6) is -1.68. The molecule has 0 heterocycles. The lowest BCUT2D eigenvalue weighted by molar-refractivity contribution is -0.144. The van der Waals surface area contributed by atoms with E-state index in [1.165, 1.54) is 25.1 Å². The number of hydrogen-bond acceptors (Lipinski definition) is 3. The molecule has 1 rings (SSSR count). The first-order valence-corrected chi connectivity index (χ1v) is 7.63. The van der Waals surface area contributed by atoms with Gasteiger partial charge in [-0.05, 0) is 43.4 Å². The smallest absolute Gasteiger partial charge is 0.330 e. The van der Waals surface area contributed by atoms with Gasteiger partial charge in [-0.15, -0.1) is 0 Å². The van der Waals surface area contributed by atoms with Crippen molar-refractivity contribution in [1.29, 1.82) is 0 Å². The molecule has 1 aromatic carbocycles. The van der Waals surface area contributed by atoms with Gasteiger partial charge in [0.15, 0.2) is 6.04 Å². The summed E-state index contributed by atoms with van der Waals surface area (Å²) in [6.45, 7) is 7.64. The first-order chi connectivity index (χ1) is 10.7. The molecule has 0 aromatic heterocycles. The van der Waals surface area contributed by atoms with Gasteiger partial charge in [-0.3, -0.25) is 4.79 Å². The Hall–Kier alpha value is -1.95. The molecule has 0 radical (unpaired) electrons. The van der Waals surface area contributed by atoms with Gasteiger partial charge < -0.3 is 15.2 Å². The summed E-state index contributed by atoms with van der Waals surface area (Å²) in [5, 5.41) is 11.7. The molecule has 0 bridgehead atoms. The van der Waals surface area contributed by atoms with Gasteiger partial charge in [-0.1, -0.05) is 26.0 Å². The molecule has 0 saturated carbocycles. The molecule has 2 unspecified atom stereocenters. The highest BCUT2D eigenvalue weighted by atomic mass is 19.1. The van der Waals surface area contributed by atoms with Crippen molar-refractivity contribution in [2.75, 3.05) is 6.61 Å². The Kier molecular flexibility index (Phi) is 7.16. The molecule has 5 nitrogen and oxygen atoms in total. The van der Waals surface area contributed by atoms with E-state index in [-0.39, 0.29) is 0 Å². The Morgan fingerprint density at radius 2 is 1.96 bits per heavy atom. The van der Waals surface area contributed by atoms with Gasteiger partial charge in [0, 0.05) is 6.61 Å². The molecule has 128 valence electrons. The number of rotatable bonds is 8. The molecule has 0 spiro atoms. The van der Waals surface area contributed by atoms with Crippen LogP contribution in [0.1, 0.15) is 44.4 Å². The predicted octanol–water partition coefficient (Wildman–Crippen LogP) is 2.83. The Labute approximate surface area is 135 Å². The summed E-state index contributed by atoms with van der Waals surface area (Å²) < 4.78 is 18.7. The van der Waals surface area contributed by atoms with Gasteiger partial charge in [-0.2, -0.15) is 0 Å². The van der Waals surface area contributed by atoms with Crippen molar-refractivity contribution in [3.05, 3.63) is 35.1 Å². The minimum absolute atomic E-state index is 0.319. The molecule has 2 atom stereocenters. The summed E-state index contributed by atoms with van der Waals surface area (Å²) in [7, 11) is 0. The fourth-order valence-electron chi connectivity index (χ4n) is 1.95. The minimum Gasteiger partial charge on any atom is -0.479 e. The lowest BCUT2D eigenvalue weighted by Crippen LogP contribution is -2.40. The lowest BCUT2D eigenvalue weighted by atomic mass is 10.0. The van der Waals surface area contributed by atoms with Crippen LogP contribution in [0.15, 0.2) is 18.2 Å². The molecule has 23 heavy (non-hydrogen) atoms. The van der Waals surface area contributed by atoms with Gasteiger partial charge in [0.05, 0.1) is 0 Å². The Bertz CT molecular complexity index is 560. The largest absolute Gasteiger partial charge is 0.479 e. The average molecular weight is 325 g/mol. The summed E-state index contributed by atoms with van der Waals surface area (Å²) in [5.41, 5.74) is 0.642. The summed E-state index contributed by atoms with van der Waals surface area (Å²) in [6, 6.07) is 2.72. The number of benzene rings is 1. The fraction of sp³-hybridized carbons (Fsp3) is 0.529. The monoisotopic (exact) mass is 325 g/mol. The Balaban J connectivity index is 2.73. The number of nitrogens with one attached hydrogen (secondary N) is 1. The molecule has 2 N–H and O–H groups in total. The van der Waals surface area contributed by atoms with E-state index in [0.717, 1.165) is 6.42 Å². The summed E-state index contributed by atoms with van der Waals surface area (Å²) in [6.07, 6.45) is 0.0640. The van der Waals surface area contributed by atoms with Crippen molar-refractivity contribution in [3.63, 3.8) is 0 Å². The topological polar surface area (TPSA) is 75.6 Å². The average Bonchev–Trinajstić information content (AvgIpc) is 2.46. The molecular weight excluding hydrogens is 301 g/mol. The zero-order valence-electron chi connectivity index (χ0n) is 13.9. The van der Waals surface area contributed by atoms with E-state index >= 15 is 0 Å². The van der Waals surface area contributed by atoms with Crippen LogP contribution in [-0.2, 0) is 14.3 Å². The normalized spacial score (nSPS) is 13.7. The first-order valence-electron chi connectivity index (χ1n) is 7.63. The molecular formula is C17H24FNO4. The minimum atomic E-state index is -1.24. The number of aliphatic carboxylic acids is 1. The first kappa shape index (κ1) is 19.1. The lowest BCUT2D eigenvalue weighted by Gasteiger charge is -2.19. The zero-order chi connectivity index (χ0) is 17.6. The molecule has 0 fully saturated rings. The highest BCUT2D eigenvalue weighted by Gasteiger charge is 2.25. The van der Waals surface area contributed by atoms with Crippen LogP contribution < -0.4 is 5.32 Å². The number of ether oxygens (including phenoxy) is 1. The molecule has 6 heteroatoms. The van der Waals surface area contributed by atoms with Gasteiger partial charge >= 0.3 is 5.97 Å². The second-order valence-electron chi connectivity index (χ2n) is 5.98. The fourth-order valence-corrected chi connectivity index (χ4v) is 1.95. The van der Waals surface area contributed by atoms with Crippen LogP contribution in [0.4, 0.5) is 4.39 Å². The van der Waals surface area contributed by atoms with Crippen LogP contribution >= 0.6 is 0 Å². The Morgan fingerprint density at radius 1 is 1.30 bits per heavy atom. The SMILES string of the molecule is Cc1cc(C(NC(=O)C(C)OCCC(C)C)C(=O)O)ccc1F. The van der Waals surface area contributed by atoms with Crippen molar-refractivity contribution >= 4 is 11.9 Å². The van der Waals surface area contributed by atoms with Crippen LogP contribution in [-0.4, -0.2) is 29.7 Å². The number of carboxylic acids is 1. The molecule has 0 aliphatic heterocycles. The second-order valence-corrected chi connectivity index (χ2v) is 5.98. The van der Waals surface area contributed by atoms with E-state index < -0.39 is 29.8 Å². The maximum atomic E-state index is 13.3. The molecule has 1 aromatic rings. The van der Waals surface area contributed by atoms with E-state index in [2.05, 4.69) is 5.32 Å². The van der Waals surface area contributed by atoms with Crippen LogP contribution in [0.25, 0.3) is 0 Å². The second kappa shape index (κ2) is 8.62.